The summed E-state index contributed by atoms with van der Waals surface area (Å²) in [5.41, 5.74) is 6.11. The molecule has 1 aliphatic carbocycles. The molecular formula is C14H26N2O. The average Bonchev–Trinajstić information content (AvgIpc) is 2.63. The fourth-order valence-corrected chi connectivity index (χ4v) is 3.18. The van der Waals surface area contributed by atoms with Crippen molar-refractivity contribution in [3.8, 4) is 0 Å². The van der Waals surface area contributed by atoms with Crippen LogP contribution in [0.2, 0.25) is 0 Å². The molecule has 0 aromatic heterocycles. The summed E-state index contributed by atoms with van der Waals surface area (Å²) in [5.74, 6) is 2.07. The largest absolute Gasteiger partial charge is 0.342 e. The number of likely N-dealkylation sites (tertiary alicyclic amines) is 1. The lowest BCUT2D eigenvalue weighted by atomic mass is 9.83. The molecule has 1 saturated heterocycles. The van der Waals surface area contributed by atoms with E-state index in [9.17, 15) is 4.79 Å². The van der Waals surface area contributed by atoms with Crippen LogP contribution >= 0.6 is 0 Å². The second-order valence-electron chi connectivity index (χ2n) is 6.17. The highest BCUT2D eigenvalue weighted by Gasteiger charge is 2.32. The zero-order valence-corrected chi connectivity index (χ0v) is 11.2. The number of nitrogens with zero attached hydrogens (tertiary/aromatic N) is 1. The Labute approximate surface area is 105 Å². The smallest absolute Gasteiger partial charge is 0.222 e. The van der Waals surface area contributed by atoms with Crippen molar-refractivity contribution in [1.29, 1.82) is 0 Å². The minimum atomic E-state index is 0.255. The zero-order chi connectivity index (χ0) is 12.4. The van der Waals surface area contributed by atoms with Crippen molar-refractivity contribution in [3.05, 3.63) is 0 Å². The van der Waals surface area contributed by atoms with E-state index in [1.807, 2.05) is 0 Å². The van der Waals surface area contributed by atoms with E-state index in [1.54, 1.807) is 0 Å². The third-order valence-electron chi connectivity index (χ3n) is 4.75. The molecule has 3 nitrogen and oxygen atoms in total. The van der Waals surface area contributed by atoms with Gasteiger partial charge in [0.1, 0.15) is 0 Å². The monoisotopic (exact) mass is 238 g/mol. The molecule has 0 radical (unpaired) electrons. The molecule has 2 fully saturated rings. The number of carbonyl (C=O) groups is 1. The zero-order valence-electron chi connectivity index (χ0n) is 11.2. The SMILES string of the molecule is CC1CN(C(=O)CC2CCCCC2N)CC1C. The summed E-state index contributed by atoms with van der Waals surface area (Å²) in [6.45, 7) is 6.37. The first-order chi connectivity index (χ1) is 8.08. The Morgan fingerprint density at radius 3 is 2.35 bits per heavy atom. The van der Waals surface area contributed by atoms with Gasteiger partial charge in [-0.05, 0) is 30.6 Å². The van der Waals surface area contributed by atoms with Gasteiger partial charge in [0.05, 0.1) is 0 Å². The molecule has 3 heteroatoms. The lowest BCUT2D eigenvalue weighted by molar-refractivity contribution is -0.131. The van der Waals surface area contributed by atoms with Gasteiger partial charge in [0.15, 0.2) is 0 Å². The number of carbonyl (C=O) groups excluding carboxylic acids is 1. The van der Waals surface area contributed by atoms with Crippen LogP contribution in [0.4, 0.5) is 0 Å². The minimum Gasteiger partial charge on any atom is -0.342 e. The van der Waals surface area contributed by atoms with Crippen LogP contribution in [0, 0.1) is 17.8 Å². The van der Waals surface area contributed by atoms with Gasteiger partial charge >= 0.3 is 0 Å². The molecule has 1 amide bonds. The minimum absolute atomic E-state index is 0.255. The van der Waals surface area contributed by atoms with Gasteiger partial charge in [0, 0.05) is 25.6 Å². The van der Waals surface area contributed by atoms with Crippen LogP contribution in [-0.4, -0.2) is 29.9 Å². The Morgan fingerprint density at radius 1 is 1.18 bits per heavy atom. The first kappa shape index (κ1) is 12.9. The van der Waals surface area contributed by atoms with Crippen LogP contribution in [-0.2, 0) is 4.79 Å². The van der Waals surface area contributed by atoms with E-state index in [0.717, 1.165) is 25.9 Å². The number of hydrogen-bond donors (Lipinski definition) is 1. The average molecular weight is 238 g/mol. The maximum absolute atomic E-state index is 12.2. The highest BCUT2D eigenvalue weighted by Crippen LogP contribution is 2.28. The molecule has 1 heterocycles. The highest BCUT2D eigenvalue weighted by molar-refractivity contribution is 5.76. The van der Waals surface area contributed by atoms with Crippen molar-refractivity contribution in [1.82, 2.24) is 4.90 Å². The molecule has 0 aromatic carbocycles. The Balaban J connectivity index is 1.84. The molecule has 0 aromatic rings. The Kier molecular flexibility index (Phi) is 4.08. The van der Waals surface area contributed by atoms with E-state index in [0.29, 0.717) is 30.1 Å². The summed E-state index contributed by atoms with van der Waals surface area (Å²) in [4.78, 5) is 14.3. The van der Waals surface area contributed by atoms with Gasteiger partial charge in [-0.25, -0.2) is 0 Å². The van der Waals surface area contributed by atoms with E-state index in [-0.39, 0.29) is 6.04 Å². The van der Waals surface area contributed by atoms with Gasteiger partial charge in [-0.15, -0.1) is 0 Å². The second-order valence-corrected chi connectivity index (χ2v) is 6.17. The molecule has 2 aliphatic rings. The third-order valence-corrected chi connectivity index (χ3v) is 4.75. The fraction of sp³-hybridized carbons (Fsp3) is 0.929. The van der Waals surface area contributed by atoms with Gasteiger partial charge < -0.3 is 10.6 Å². The van der Waals surface area contributed by atoms with Gasteiger partial charge in [0.25, 0.3) is 0 Å². The number of amides is 1. The molecule has 1 saturated carbocycles. The Hall–Kier alpha value is -0.570. The van der Waals surface area contributed by atoms with Crippen LogP contribution in [0.25, 0.3) is 0 Å². The quantitative estimate of drug-likeness (QED) is 0.800. The lowest BCUT2D eigenvalue weighted by Gasteiger charge is -2.29. The van der Waals surface area contributed by atoms with Gasteiger partial charge in [-0.3, -0.25) is 4.79 Å². The Bertz CT molecular complexity index is 269. The third kappa shape index (κ3) is 3.01. The second kappa shape index (κ2) is 5.38. The first-order valence-electron chi connectivity index (χ1n) is 7.11. The number of hydrogen-bond acceptors (Lipinski definition) is 2. The standard InChI is InChI=1S/C14H26N2O/c1-10-8-16(9-11(10)2)14(17)7-12-5-3-4-6-13(12)15/h10-13H,3-9,15H2,1-2H3. The molecule has 0 bridgehead atoms. The Morgan fingerprint density at radius 2 is 1.76 bits per heavy atom. The van der Waals surface area contributed by atoms with Crippen molar-refractivity contribution in [3.63, 3.8) is 0 Å². The maximum atomic E-state index is 12.2. The van der Waals surface area contributed by atoms with E-state index in [1.165, 1.54) is 12.8 Å². The van der Waals surface area contributed by atoms with Crippen molar-refractivity contribution < 1.29 is 4.79 Å². The van der Waals surface area contributed by atoms with Gasteiger partial charge in [-0.2, -0.15) is 0 Å². The summed E-state index contributed by atoms with van der Waals surface area (Å²) in [5, 5.41) is 0. The van der Waals surface area contributed by atoms with Crippen molar-refractivity contribution in [2.45, 2.75) is 52.0 Å². The summed E-state index contributed by atoms with van der Waals surface area (Å²) >= 11 is 0. The maximum Gasteiger partial charge on any atom is 0.222 e. The number of nitrogens with two attached hydrogens (primary N) is 1. The molecule has 98 valence electrons. The molecule has 2 rings (SSSR count). The van der Waals surface area contributed by atoms with Crippen LogP contribution < -0.4 is 5.73 Å². The van der Waals surface area contributed by atoms with Crippen molar-refractivity contribution in [2.75, 3.05) is 13.1 Å². The van der Waals surface area contributed by atoms with E-state index in [2.05, 4.69) is 18.7 Å². The van der Waals surface area contributed by atoms with E-state index >= 15 is 0 Å². The molecule has 1 aliphatic heterocycles. The first-order valence-corrected chi connectivity index (χ1v) is 7.11. The fourth-order valence-electron chi connectivity index (χ4n) is 3.18. The van der Waals surface area contributed by atoms with Crippen LogP contribution in [0.15, 0.2) is 0 Å². The van der Waals surface area contributed by atoms with Gasteiger partial charge in [0.2, 0.25) is 5.91 Å². The van der Waals surface area contributed by atoms with Crippen LogP contribution in [0.5, 0.6) is 0 Å². The lowest BCUT2D eigenvalue weighted by Crippen LogP contribution is -2.38. The van der Waals surface area contributed by atoms with E-state index < -0.39 is 0 Å². The summed E-state index contributed by atoms with van der Waals surface area (Å²) < 4.78 is 0. The number of rotatable bonds is 2. The van der Waals surface area contributed by atoms with Crippen molar-refractivity contribution in [2.24, 2.45) is 23.5 Å². The van der Waals surface area contributed by atoms with Crippen LogP contribution in [0.3, 0.4) is 0 Å². The van der Waals surface area contributed by atoms with Crippen molar-refractivity contribution >= 4 is 5.91 Å². The summed E-state index contributed by atoms with van der Waals surface area (Å²) in [6.07, 6.45) is 5.42. The summed E-state index contributed by atoms with van der Waals surface area (Å²) in [7, 11) is 0. The predicted molar refractivity (Wildman–Crippen MR) is 69.5 cm³/mol. The molecule has 0 spiro atoms. The van der Waals surface area contributed by atoms with Crippen LogP contribution in [0.1, 0.15) is 46.0 Å². The summed E-state index contributed by atoms with van der Waals surface area (Å²) in [6, 6.07) is 0.255. The van der Waals surface area contributed by atoms with Gasteiger partial charge in [-0.1, -0.05) is 26.7 Å². The molecule has 4 unspecified atom stereocenters. The highest BCUT2D eigenvalue weighted by atomic mass is 16.2. The molecular weight excluding hydrogens is 212 g/mol. The molecule has 17 heavy (non-hydrogen) atoms. The van der Waals surface area contributed by atoms with E-state index in [4.69, 9.17) is 5.73 Å². The predicted octanol–water partition coefficient (Wildman–Crippen LogP) is 2.01. The molecule has 4 atom stereocenters. The molecule has 2 N–H and O–H groups in total. The topological polar surface area (TPSA) is 46.3 Å². The normalized spacial score (nSPS) is 38.4.